The van der Waals surface area contributed by atoms with Gasteiger partial charge in [0.15, 0.2) is 9.84 Å². The summed E-state index contributed by atoms with van der Waals surface area (Å²) in [5, 5.41) is 11.8. The van der Waals surface area contributed by atoms with Gasteiger partial charge >= 0.3 is 0 Å². The molecule has 1 heterocycles. The van der Waals surface area contributed by atoms with Crippen molar-refractivity contribution in [2.45, 2.75) is 18.9 Å². The molecule has 1 unspecified atom stereocenters. The SMILES string of the molecule is N#Cc1c(F)cccc1NC1CCCS(=O)(=O)C1. The molecule has 1 aromatic carbocycles. The van der Waals surface area contributed by atoms with Gasteiger partial charge in [0, 0.05) is 6.04 Å². The molecule has 1 N–H and O–H groups in total. The largest absolute Gasteiger partial charge is 0.380 e. The molecule has 0 radical (unpaired) electrons. The number of nitrogens with one attached hydrogen (secondary N) is 1. The Bertz CT molecular complexity index is 593. The van der Waals surface area contributed by atoms with Gasteiger partial charge in [0.25, 0.3) is 0 Å². The van der Waals surface area contributed by atoms with E-state index < -0.39 is 15.7 Å². The zero-order valence-electron chi connectivity index (χ0n) is 9.69. The summed E-state index contributed by atoms with van der Waals surface area (Å²) in [4.78, 5) is 0. The minimum Gasteiger partial charge on any atom is -0.380 e. The van der Waals surface area contributed by atoms with Gasteiger partial charge in [-0.15, -0.1) is 0 Å². The van der Waals surface area contributed by atoms with Crippen molar-refractivity contribution >= 4 is 15.5 Å². The van der Waals surface area contributed by atoms with Crippen LogP contribution in [0.4, 0.5) is 10.1 Å². The maximum Gasteiger partial charge on any atom is 0.152 e. The summed E-state index contributed by atoms with van der Waals surface area (Å²) in [6.07, 6.45) is 1.30. The average Bonchev–Trinajstić information content (AvgIpc) is 2.28. The van der Waals surface area contributed by atoms with Gasteiger partial charge in [0.05, 0.1) is 17.2 Å². The molecule has 96 valence electrons. The van der Waals surface area contributed by atoms with E-state index in [1.807, 2.05) is 0 Å². The lowest BCUT2D eigenvalue weighted by atomic mass is 10.1. The molecule has 1 fully saturated rings. The number of hydrogen-bond donors (Lipinski definition) is 1. The first-order chi connectivity index (χ1) is 8.52. The summed E-state index contributed by atoms with van der Waals surface area (Å²) in [6.45, 7) is 0. The van der Waals surface area contributed by atoms with E-state index in [9.17, 15) is 12.8 Å². The van der Waals surface area contributed by atoms with Gasteiger partial charge in [-0.3, -0.25) is 0 Å². The van der Waals surface area contributed by atoms with Crippen LogP contribution in [0.3, 0.4) is 0 Å². The minimum atomic E-state index is -3.02. The van der Waals surface area contributed by atoms with Crippen LogP contribution in [0, 0.1) is 17.1 Å². The standard InChI is InChI=1S/C12H13FN2O2S/c13-11-4-1-5-12(10(11)7-14)15-9-3-2-6-18(16,17)8-9/h1,4-5,9,15H,2-3,6,8H2. The molecule has 0 spiro atoms. The van der Waals surface area contributed by atoms with Crippen molar-refractivity contribution in [1.82, 2.24) is 0 Å². The Kier molecular flexibility index (Phi) is 3.53. The Morgan fingerprint density at radius 2 is 2.22 bits per heavy atom. The summed E-state index contributed by atoms with van der Waals surface area (Å²) in [5.74, 6) is -0.352. The number of nitrogens with zero attached hydrogens (tertiary/aromatic N) is 1. The molecule has 1 saturated heterocycles. The van der Waals surface area contributed by atoms with Crippen LogP contribution >= 0.6 is 0 Å². The maximum atomic E-state index is 13.4. The first kappa shape index (κ1) is 12.8. The molecule has 0 bridgehead atoms. The molecule has 1 aromatic rings. The summed E-state index contributed by atoms with van der Waals surface area (Å²) in [5.41, 5.74) is 0.292. The Balaban J connectivity index is 2.20. The zero-order chi connectivity index (χ0) is 13.2. The second-order valence-corrected chi connectivity index (χ2v) is 6.60. The van der Waals surface area contributed by atoms with Crippen LogP contribution in [0.1, 0.15) is 18.4 Å². The average molecular weight is 268 g/mol. The monoisotopic (exact) mass is 268 g/mol. The van der Waals surface area contributed by atoms with E-state index in [0.717, 1.165) is 0 Å². The summed E-state index contributed by atoms with van der Waals surface area (Å²) < 4.78 is 36.4. The second kappa shape index (κ2) is 4.94. The molecule has 0 amide bonds. The van der Waals surface area contributed by atoms with Gasteiger partial charge in [-0.05, 0) is 25.0 Å². The fourth-order valence-electron chi connectivity index (χ4n) is 2.11. The van der Waals surface area contributed by atoms with Crippen molar-refractivity contribution in [3.05, 3.63) is 29.6 Å². The first-order valence-electron chi connectivity index (χ1n) is 5.67. The summed E-state index contributed by atoms with van der Waals surface area (Å²) in [6, 6.07) is 5.83. The third-order valence-electron chi connectivity index (χ3n) is 2.95. The highest BCUT2D eigenvalue weighted by Crippen LogP contribution is 2.22. The first-order valence-corrected chi connectivity index (χ1v) is 7.49. The molecule has 1 aliphatic heterocycles. The highest BCUT2D eigenvalue weighted by Gasteiger charge is 2.25. The van der Waals surface area contributed by atoms with Gasteiger partial charge in [0.1, 0.15) is 17.4 Å². The van der Waals surface area contributed by atoms with Crippen molar-refractivity contribution in [3.63, 3.8) is 0 Å². The molecular formula is C12H13FN2O2S. The molecule has 18 heavy (non-hydrogen) atoms. The van der Waals surface area contributed by atoms with Crippen molar-refractivity contribution in [2.24, 2.45) is 0 Å². The quantitative estimate of drug-likeness (QED) is 0.886. The van der Waals surface area contributed by atoms with Crippen LogP contribution in [-0.4, -0.2) is 26.0 Å². The van der Waals surface area contributed by atoms with E-state index in [4.69, 9.17) is 5.26 Å². The van der Waals surface area contributed by atoms with E-state index in [1.54, 1.807) is 12.1 Å². The van der Waals surface area contributed by atoms with Crippen LogP contribution in [0.15, 0.2) is 18.2 Å². The number of anilines is 1. The normalized spacial score (nSPS) is 22.1. The zero-order valence-corrected chi connectivity index (χ0v) is 10.5. The minimum absolute atomic E-state index is 0.0361. The van der Waals surface area contributed by atoms with E-state index in [1.165, 1.54) is 12.1 Å². The highest BCUT2D eigenvalue weighted by atomic mass is 32.2. The van der Waals surface area contributed by atoms with Crippen molar-refractivity contribution in [3.8, 4) is 6.07 Å². The Morgan fingerprint density at radius 3 is 2.89 bits per heavy atom. The Morgan fingerprint density at radius 1 is 1.44 bits per heavy atom. The molecule has 1 aliphatic rings. The number of nitriles is 1. The molecular weight excluding hydrogens is 255 g/mol. The third-order valence-corrected chi connectivity index (χ3v) is 4.77. The summed E-state index contributed by atoms with van der Waals surface area (Å²) >= 11 is 0. The second-order valence-electron chi connectivity index (χ2n) is 4.37. The van der Waals surface area contributed by atoms with Crippen LogP contribution in [0.2, 0.25) is 0 Å². The summed E-state index contributed by atoms with van der Waals surface area (Å²) in [7, 11) is -3.02. The Labute approximate surface area is 105 Å². The number of rotatable bonds is 2. The maximum absolute atomic E-state index is 13.4. The smallest absolute Gasteiger partial charge is 0.152 e. The fraction of sp³-hybridized carbons (Fsp3) is 0.417. The number of halogens is 1. The highest BCUT2D eigenvalue weighted by molar-refractivity contribution is 7.91. The van der Waals surface area contributed by atoms with Gasteiger partial charge in [-0.2, -0.15) is 5.26 Å². The number of hydrogen-bond acceptors (Lipinski definition) is 4. The number of sulfone groups is 1. The lowest BCUT2D eigenvalue weighted by Crippen LogP contribution is -2.35. The molecule has 6 heteroatoms. The van der Waals surface area contributed by atoms with Gasteiger partial charge in [-0.1, -0.05) is 6.07 Å². The van der Waals surface area contributed by atoms with Crippen LogP contribution in [0.5, 0.6) is 0 Å². The van der Waals surface area contributed by atoms with E-state index in [-0.39, 0.29) is 23.1 Å². The van der Waals surface area contributed by atoms with E-state index >= 15 is 0 Å². The molecule has 0 aromatic heterocycles. The van der Waals surface area contributed by atoms with Crippen molar-refractivity contribution in [2.75, 3.05) is 16.8 Å². The predicted octanol–water partition coefficient (Wildman–Crippen LogP) is 1.69. The fourth-order valence-corrected chi connectivity index (χ4v) is 3.75. The van der Waals surface area contributed by atoms with Crippen molar-refractivity contribution < 1.29 is 12.8 Å². The molecule has 0 saturated carbocycles. The lowest BCUT2D eigenvalue weighted by molar-refractivity contribution is 0.561. The molecule has 2 rings (SSSR count). The van der Waals surface area contributed by atoms with Crippen molar-refractivity contribution in [1.29, 1.82) is 5.26 Å². The number of benzene rings is 1. The predicted molar refractivity (Wildman–Crippen MR) is 66.4 cm³/mol. The van der Waals surface area contributed by atoms with Gasteiger partial charge in [0.2, 0.25) is 0 Å². The van der Waals surface area contributed by atoms with Crippen LogP contribution < -0.4 is 5.32 Å². The lowest BCUT2D eigenvalue weighted by Gasteiger charge is -2.24. The van der Waals surface area contributed by atoms with E-state index in [2.05, 4.69) is 5.32 Å². The molecule has 0 aliphatic carbocycles. The molecule has 4 nitrogen and oxygen atoms in total. The Hall–Kier alpha value is -1.61. The van der Waals surface area contributed by atoms with E-state index in [0.29, 0.717) is 18.5 Å². The topological polar surface area (TPSA) is 70.0 Å². The third kappa shape index (κ3) is 2.79. The van der Waals surface area contributed by atoms with Crippen LogP contribution in [-0.2, 0) is 9.84 Å². The molecule has 1 atom stereocenters. The van der Waals surface area contributed by atoms with Gasteiger partial charge in [-0.25, -0.2) is 12.8 Å². The van der Waals surface area contributed by atoms with Crippen LogP contribution in [0.25, 0.3) is 0 Å². The van der Waals surface area contributed by atoms with Gasteiger partial charge < -0.3 is 5.32 Å².